The lowest BCUT2D eigenvalue weighted by Gasteiger charge is -2.29. The van der Waals surface area contributed by atoms with Crippen LogP contribution in [-0.4, -0.2) is 32.7 Å². The van der Waals surface area contributed by atoms with E-state index in [0.717, 1.165) is 11.6 Å². The van der Waals surface area contributed by atoms with E-state index in [0.29, 0.717) is 5.69 Å². The summed E-state index contributed by atoms with van der Waals surface area (Å²) in [5.74, 6) is -2.84. The number of fused-ring (bicyclic) bond motifs is 3. The number of hydrogen-bond acceptors (Lipinski definition) is 8. The fourth-order valence-electron chi connectivity index (χ4n) is 4.38. The van der Waals surface area contributed by atoms with Gasteiger partial charge in [-0.15, -0.1) is 0 Å². The maximum absolute atomic E-state index is 13.8. The summed E-state index contributed by atoms with van der Waals surface area (Å²) in [7, 11) is 0. The Hall–Kier alpha value is -4.07. The van der Waals surface area contributed by atoms with Gasteiger partial charge >= 0.3 is 0 Å². The summed E-state index contributed by atoms with van der Waals surface area (Å²) in [5.41, 5.74) is -0.490. The van der Waals surface area contributed by atoms with Crippen molar-refractivity contribution in [2.75, 3.05) is 5.32 Å². The lowest BCUT2D eigenvalue weighted by atomic mass is 9.70. The highest BCUT2D eigenvalue weighted by Gasteiger charge is 2.56. The quantitative estimate of drug-likeness (QED) is 0.241. The number of allylic oxidation sites excluding steroid dienone is 4. The highest BCUT2D eigenvalue weighted by molar-refractivity contribution is 6.31. The summed E-state index contributed by atoms with van der Waals surface area (Å²) in [5, 5.41) is 34.3. The average molecular weight is 449 g/mol. The first kappa shape index (κ1) is 22.1. The van der Waals surface area contributed by atoms with Gasteiger partial charge in [-0.1, -0.05) is 6.07 Å². The molecule has 0 bridgehead atoms. The third-order valence-electron chi connectivity index (χ3n) is 6.23. The molecule has 2 aromatic carbocycles. The van der Waals surface area contributed by atoms with Gasteiger partial charge in [0.15, 0.2) is 17.3 Å². The molecule has 8 heteroatoms. The highest BCUT2D eigenvalue weighted by atomic mass is 16.5. The molecule has 33 heavy (non-hydrogen) atoms. The molecule has 8 nitrogen and oxygen atoms in total. The number of carbonyl (C=O) groups is 3. The first-order chi connectivity index (χ1) is 15.4. The van der Waals surface area contributed by atoms with Gasteiger partial charge in [-0.2, -0.15) is 0 Å². The van der Waals surface area contributed by atoms with Gasteiger partial charge in [0.05, 0.1) is 16.8 Å². The number of benzene rings is 2. The number of aromatic hydroxyl groups is 3. The number of carbonyl (C=O) groups excluding carboxylic acids is 3. The zero-order chi connectivity index (χ0) is 24.4. The van der Waals surface area contributed by atoms with Crippen molar-refractivity contribution >= 4 is 23.0 Å². The number of rotatable bonds is 3. The Morgan fingerprint density at radius 2 is 1.73 bits per heavy atom. The SMILES string of the molecule is CC(=O)c1c(O)c(C)c(O)c2c1OC1=CC(=O)/C(=C(/C)Nc3cc(C)ccc3O)C(=O)[C@@]12C. The minimum atomic E-state index is -1.59. The summed E-state index contributed by atoms with van der Waals surface area (Å²) in [6, 6.07) is 4.89. The molecule has 1 aliphatic carbocycles. The molecular weight excluding hydrogens is 426 g/mol. The van der Waals surface area contributed by atoms with E-state index < -0.39 is 28.5 Å². The fourth-order valence-corrected chi connectivity index (χ4v) is 4.38. The van der Waals surface area contributed by atoms with Crippen LogP contribution in [-0.2, 0) is 15.0 Å². The Balaban J connectivity index is 1.93. The summed E-state index contributed by atoms with van der Waals surface area (Å²) in [6.45, 7) is 7.52. The third kappa shape index (κ3) is 3.01. The molecule has 0 aromatic heterocycles. The second-order valence-corrected chi connectivity index (χ2v) is 8.53. The number of hydrogen-bond donors (Lipinski definition) is 4. The number of Topliss-reactive ketones (excluding diaryl/α,β-unsaturated/α-hetero) is 2. The van der Waals surface area contributed by atoms with E-state index in [4.69, 9.17) is 4.74 Å². The van der Waals surface area contributed by atoms with Crippen molar-refractivity contribution in [2.24, 2.45) is 0 Å². The standard InChI is InChI=1S/C25H23NO7/c1-10-6-7-15(28)14(8-10)26-12(3)18-16(29)9-17-25(5,24(18)32)20-22(31)11(2)21(30)19(13(4)27)23(20)33-17/h6-9,26,28,30-31H,1-5H3/b18-12+/t25-/m0/s1. The Bertz CT molecular complexity index is 1350. The van der Waals surface area contributed by atoms with E-state index in [1.54, 1.807) is 12.1 Å². The zero-order valence-corrected chi connectivity index (χ0v) is 18.8. The van der Waals surface area contributed by atoms with E-state index in [-0.39, 0.29) is 51.0 Å². The molecule has 0 fully saturated rings. The molecule has 0 saturated carbocycles. The van der Waals surface area contributed by atoms with Crippen molar-refractivity contribution in [1.82, 2.24) is 0 Å². The zero-order valence-electron chi connectivity index (χ0n) is 18.8. The maximum Gasteiger partial charge on any atom is 0.194 e. The molecule has 0 radical (unpaired) electrons. The smallest absolute Gasteiger partial charge is 0.194 e. The lowest BCUT2D eigenvalue weighted by Crippen LogP contribution is -2.40. The van der Waals surface area contributed by atoms with Crippen LogP contribution in [0.5, 0.6) is 23.0 Å². The molecule has 0 unspecified atom stereocenters. The molecule has 1 atom stereocenters. The molecule has 2 aliphatic rings. The molecule has 0 saturated heterocycles. The van der Waals surface area contributed by atoms with Gasteiger partial charge in [-0.3, -0.25) is 14.4 Å². The molecule has 0 spiro atoms. The van der Waals surface area contributed by atoms with Gasteiger partial charge < -0.3 is 25.4 Å². The molecule has 170 valence electrons. The summed E-state index contributed by atoms with van der Waals surface area (Å²) in [6.07, 6.45) is 1.15. The number of ketones is 3. The molecule has 0 amide bonds. The van der Waals surface area contributed by atoms with Crippen LogP contribution in [0.3, 0.4) is 0 Å². The topological polar surface area (TPSA) is 133 Å². The summed E-state index contributed by atoms with van der Waals surface area (Å²) >= 11 is 0. The predicted molar refractivity (Wildman–Crippen MR) is 120 cm³/mol. The minimum Gasteiger partial charge on any atom is -0.507 e. The van der Waals surface area contributed by atoms with Gasteiger partial charge in [0.25, 0.3) is 0 Å². The molecule has 4 N–H and O–H groups in total. The van der Waals surface area contributed by atoms with Crippen LogP contribution in [0.4, 0.5) is 5.69 Å². The first-order valence-electron chi connectivity index (χ1n) is 10.3. The van der Waals surface area contributed by atoms with Gasteiger partial charge in [0.1, 0.15) is 39.7 Å². The number of phenolic OH excluding ortho intramolecular Hbond substituents is 3. The van der Waals surface area contributed by atoms with E-state index in [9.17, 15) is 29.7 Å². The Morgan fingerprint density at radius 1 is 1.06 bits per heavy atom. The Labute approximate surface area is 189 Å². The van der Waals surface area contributed by atoms with Crippen LogP contribution in [0.1, 0.15) is 47.8 Å². The van der Waals surface area contributed by atoms with Crippen LogP contribution < -0.4 is 10.1 Å². The van der Waals surface area contributed by atoms with Crippen LogP contribution in [0.2, 0.25) is 0 Å². The van der Waals surface area contributed by atoms with E-state index in [1.807, 2.05) is 6.92 Å². The Kier molecular flexibility index (Phi) is 4.85. The highest BCUT2D eigenvalue weighted by Crippen LogP contribution is 2.57. The van der Waals surface area contributed by atoms with Crippen LogP contribution in [0.25, 0.3) is 0 Å². The molecule has 4 rings (SSSR count). The second-order valence-electron chi connectivity index (χ2n) is 8.53. The van der Waals surface area contributed by atoms with E-state index in [2.05, 4.69) is 5.32 Å². The molecule has 1 heterocycles. The molecule has 1 aliphatic heterocycles. The minimum absolute atomic E-state index is 0.0236. The monoisotopic (exact) mass is 449 g/mol. The van der Waals surface area contributed by atoms with Crippen LogP contribution in [0.15, 0.2) is 41.3 Å². The summed E-state index contributed by atoms with van der Waals surface area (Å²) in [4.78, 5) is 38.9. The summed E-state index contributed by atoms with van der Waals surface area (Å²) < 4.78 is 5.74. The third-order valence-corrected chi connectivity index (χ3v) is 6.23. The van der Waals surface area contributed by atoms with Crippen LogP contribution >= 0.6 is 0 Å². The van der Waals surface area contributed by atoms with Crippen molar-refractivity contribution in [3.8, 4) is 23.0 Å². The largest absolute Gasteiger partial charge is 0.507 e. The van der Waals surface area contributed by atoms with Crippen LogP contribution in [0, 0.1) is 13.8 Å². The number of ether oxygens (including phenoxy) is 1. The number of aryl methyl sites for hydroxylation is 1. The first-order valence-corrected chi connectivity index (χ1v) is 10.3. The maximum atomic E-state index is 13.8. The average Bonchev–Trinajstić information content (AvgIpc) is 3.02. The molecule has 2 aromatic rings. The number of nitrogens with one attached hydrogen (secondary N) is 1. The van der Waals surface area contributed by atoms with Crippen molar-refractivity contribution in [2.45, 2.75) is 40.0 Å². The second kappa shape index (κ2) is 7.23. The van der Waals surface area contributed by atoms with Crippen molar-refractivity contribution in [3.63, 3.8) is 0 Å². The Morgan fingerprint density at radius 3 is 2.36 bits per heavy atom. The molecular formula is C25H23NO7. The van der Waals surface area contributed by atoms with Gasteiger partial charge in [-0.05, 0) is 52.3 Å². The lowest BCUT2D eigenvalue weighted by molar-refractivity contribution is -0.123. The fraction of sp³-hybridized carbons (Fsp3) is 0.240. The van der Waals surface area contributed by atoms with E-state index in [1.165, 1.54) is 33.8 Å². The van der Waals surface area contributed by atoms with Gasteiger partial charge in [-0.25, -0.2) is 0 Å². The van der Waals surface area contributed by atoms with Crippen molar-refractivity contribution in [1.29, 1.82) is 0 Å². The van der Waals surface area contributed by atoms with Crippen molar-refractivity contribution < 1.29 is 34.4 Å². The van der Waals surface area contributed by atoms with Gasteiger partial charge in [0, 0.05) is 17.3 Å². The number of phenols is 3. The van der Waals surface area contributed by atoms with Gasteiger partial charge in [0.2, 0.25) is 0 Å². The number of anilines is 1. The van der Waals surface area contributed by atoms with E-state index >= 15 is 0 Å². The van der Waals surface area contributed by atoms with Crippen molar-refractivity contribution in [3.05, 3.63) is 63.6 Å². The normalized spacial score (nSPS) is 20.6. The predicted octanol–water partition coefficient (Wildman–Crippen LogP) is 3.69.